The molecule has 0 spiro atoms. The number of carbonyl (C=O) groups is 1. The van der Waals surface area contributed by atoms with Gasteiger partial charge in [0.15, 0.2) is 0 Å². The number of alkyl halides is 2. The van der Waals surface area contributed by atoms with E-state index in [1.165, 1.54) is 5.01 Å². The zero-order valence-electron chi connectivity index (χ0n) is 15.4. The van der Waals surface area contributed by atoms with E-state index in [-0.39, 0.29) is 23.9 Å². The molecule has 0 radical (unpaired) electrons. The highest BCUT2D eigenvalue weighted by Gasteiger charge is 2.25. The van der Waals surface area contributed by atoms with Gasteiger partial charge in [-0.3, -0.25) is 30.0 Å². The van der Waals surface area contributed by atoms with Crippen LogP contribution < -0.4 is 5.32 Å². The summed E-state index contributed by atoms with van der Waals surface area (Å²) in [4.78, 5) is 33.0. The van der Waals surface area contributed by atoms with Crippen molar-refractivity contribution in [1.29, 1.82) is 0 Å². The average molecular weight is 424 g/mol. The van der Waals surface area contributed by atoms with Gasteiger partial charge >= 0.3 is 0 Å². The fourth-order valence-corrected chi connectivity index (χ4v) is 2.49. The number of halogens is 2. The summed E-state index contributed by atoms with van der Waals surface area (Å²) in [6.07, 6.45) is 0. The molecule has 1 aromatic rings. The summed E-state index contributed by atoms with van der Waals surface area (Å²) >= 11 is 11.4. The summed E-state index contributed by atoms with van der Waals surface area (Å²) in [7, 11) is 3.75. The molecular weight excluding hydrogens is 401 g/mol. The van der Waals surface area contributed by atoms with Crippen LogP contribution in [0.3, 0.4) is 0 Å². The van der Waals surface area contributed by atoms with E-state index in [2.05, 4.69) is 5.32 Å². The van der Waals surface area contributed by atoms with Crippen LogP contribution in [-0.4, -0.2) is 71.3 Å². The van der Waals surface area contributed by atoms with Crippen LogP contribution in [-0.2, 0) is 0 Å². The Morgan fingerprint density at radius 2 is 1.44 bits per heavy atom. The fourth-order valence-electron chi connectivity index (χ4n) is 2.10. The van der Waals surface area contributed by atoms with Crippen molar-refractivity contribution in [2.24, 2.45) is 0 Å². The quantitative estimate of drug-likeness (QED) is 0.367. The van der Waals surface area contributed by atoms with Gasteiger partial charge in [0.2, 0.25) is 0 Å². The average Bonchev–Trinajstić information content (AvgIpc) is 2.62. The Balaban J connectivity index is 0.00000210. The van der Waals surface area contributed by atoms with Crippen LogP contribution in [0.1, 0.15) is 17.3 Å². The first-order chi connectivity index (χ1) is 12.8. The lowest BCUT2D eigenvalue weighted by Gasteiger charge is -2.33. The van der Waals surface area contributed by atoms with Gasteiger partial charge in [-0.15, -0.1) is 23.2 Å². The highest BCUT2D eigenvalue weighted by atomic mass is 35.5. The minimum atomic E-state index is -0.782. The molecule has 0 bridgehead atoms. The van der Waals surface area contributed by atoms with E-state index in [1.54, 1.807) is 11.9 Å². The van der Waals surface area contributed by atoms with Gasteiger partial charge in [0.1, 0.15) is 0 Å². The zero-order valence-corrected chi connectivity index (χ0v) is 16.9. The zero-order chi connectivity index (χ0) is 21.0. The van der Waals surface area contributed by atoms with E-state index in [4.69, 9.17) is 23.2 Å². The minimum absolute atomic E-state index is 0.146. The van der Waals surface area contributed by atoms with Crippen molar-refractivity contribution in [3.8, 4) is 0 Å². The van der Waals surface area contributed by atoms with Gasteiger partial charge in [-0.25, -0.2) is 5.01 Å². The molecule has 0 fully saturated rings. The van der Waals surface area contributed by atoms with Crippen molar-refractivity contribution in [2.45, 2.75) is 6.92 Å². The Morgan fingerprint density at radius 1 is 1.04 bits per heavy atom. The fraction of sp³-hybridized carbons (Fsp3) is 0.533. The van der Waals surface area contributed by atoms with E-state index >= 15 is 0 Å². The molecule has 0 atom stereocenters. The second-order valence-electron chi connectivity index (χ2n) is 5.10. The standard InChI is InChI=1S/C13H16Cl2N4O5.C2H7N/c1-2-17(16(5-3-14)6-4-15)13(20)10-7-11(18(21)22)9-12(8-10)19(23)24;1-3-2/h7-9H,2-6H2,1H3;3H,1-2H3. The van der Waals surface area contributed by atoms with Crippen LogP contribution >= 0.6 is 23.2 Å². The van der Waals surface area contributed by atoms with E-state index in [1.807, 2.05) is 14.1 Å². The van der Waals surface area contributed by atoms with Crippen molar-refractivity contribution >= 4 is 40.5 Å². The Bertz CT molecular complexity index is 609. The Hall–Kier alpha value is -2.01. The molecular formula is C15H23Cl2N5O5. The Morgan fingerprint density at radius 3 is 1.74 bits per heavy atom. The van der Waals surface area contributed by atoms with E-state index in [0.29, 0.717) is 13.1 Å². The first-order valence-corrected chi connectivity index (χ1v) is 9.05. The Labute approximate surface area is 167 Å². The number of nitro benzene ring substituents is 2. The molecule has 10 nitrogen and oxygen atoms in total. The molecule has 1 aromatic carbocycles. The number of hydrogen-bond donors (Lipinski definition) is 1. The highest BCUT2D eigenvalue weighted by Crippen LogP contribution is 2.24. The van der Waals surface area contributed by atoms with Gasteiger partial charge in [-0.05, 0) is 21.0 Å². The summed E-state index contributed by atoms with van der Waals surface area (Å²) in [5.74, 6) is -0.106. The number of benzene rings is 1. The second kappa shape index (κ2) is 13.2. The lowest BCUT2D eigenvalue weighted by Crippen LogP contribution is -2.48. The molecule has 27 heavy (non-hydrogen) atoms. The number of carbonyl (C=O) groups excluding carboxylic acids is 1. The maximum atomic E-state index is 12.7. The van der Waals surface area contributed by atoms with E-state index in [9.17, 15) is 25.0 Å². The largest absolute Gasteiger partial charge is 0.323 e. The first-order valence-electron chi connectivity index (χ1n) is 7.98. The summed E-state index contributed by atoms with van der Waals surface area (Å²) in [5, 5.41) is 27.6. The van der Waals surface area contributed by atoms with Crippen molar-refractivity contribution in [3.05, 3.63) is 44.0 Å². The molecule has 0 saturated heterocycles. The number of nitrogens with zero attached hydrogens (tertiary/aromatic N) is 4. The summed E-state index contributed by atoms with van der Waals surface area (Å²) in [5.41, 5.74) is -1.19. The van der Waals surface area contributed by atoms with Crippen molar-refractivity contribution < 1.29 is 14.6 Å². The van der Waals surface area contributed by atoms with Crippen LogP contribution in [0, 0.1) is 20.2 Å². The van der Waals surface area contributed by atoms with Crippen molar-refractivity contribution in [3.63, 3.8) is 0 Å². The molecule has 12 heteroatoms. The maximum absolute atomic E-state index is 12.7. The molecule has 0 aliphatic carbocycles. The number of nitro groups is 2. The van der Waals surface area contributed by atoms with Gasteiger partial charge in [0, 0.05) is 43.5 Å². The monoisotopic (exact) mass is 423 g/mol. The molecule has 1 amide bonds. The predicted molar refractivity (Wildman–Crippen MR) is 104 cm³/mol. The third-order valence-electron chi connectivity index (χ3n) is 3.13. The Kier molecular flexibility index (Phi) is 12.2. The van der Waals surface area contributed by atoms with Gasteiger partial charge < -0.3 is 5.32 Å². The van der Waals surface area contributed by atoms with Crippen LogP contribution in [0.4, 0.5) is 11.4 Å². The molecule has 152 valence electrons. The normalized spacial score (nSPS) is 10.1. The minimum Gasteiger partial charge on any atom is -0.323 e. The smallest absolute Gasteiger partial charge is 0.277 e. The first kappa shape index (κ1) is 25.0. The van der Waals surface area contributed by atoms with Crippen LogP contribution in [0.25, 0.3) is 0 Å². The third-order valence-corrected chi connectivity index (χ3v) is 3.47. The van der Waals surface area contributed by atoms with E-state index < -0.39 is 27.1 Å². The van der Waals surface area contributed by atoms with Gasteiger partial charge in [-0.1, -0.05) is 0 Å². The molecule has 0 aliphatic rings. The van der Waals surface area contributed by atoms with Crippen molar-refractivity contribution in [2.75, 3.05) is 45.5 Å². The SMILES string of the molecule is CCN(C(=O)c1cc([N+](=O)[O-])cc([N+](=O)[O-])c1)N(CCCl)CCCl.CNC. The topological polar surface area (TPSA) is 122 Å². The lowest BCUT2D eigenvalue weighted by molar-refractivity contribution is -0.394. The number of hydrogen-bond acceptors (Lipinski definition) is 7. The molecule has 0 saturated carbocycles. The molecule has 0 aliphatic heterocycles. The number of amides is 1. The van der Waals surface area contributed by atoms with Gasteiger partial charge in [0.05, 0.1) is 21.5 Å². The number of non-ortho nitro benzene ring substituents is 2. The number of nitrogens with one attached hydrogen (secondary N) is 1. The highest BCUT2D eigenvalue weighted by molar-refractivity contribution is 6.18. The van der Waals surface area contributed by atoms with E-state index in [0.717, 1.165) is 18.2 Å². The summed E-state index contributed by atoms with van der Waals surface area (Å²) < 4.78 is 0. The second-order valence-corrected chi connectivity index (χ2v) is 5.86. The molecule has 1 N–H and O–H groups in total. The van der Waals surface area contributed by atoms with Crippen molar-refractivity contribution in [1.82, 2.24) is 15.3 Å². The molecule has 0 unspecified atom stereocenters. The predicted octanol–water partition coefficient (Wildman–Crippen LogP) is 2.50. The third kappa shape index (κ3) is 8.04. The lowest BCUT2D eigenvalue weighted by atomic mass is 10.1. The summed E-state index contributed by atoms with van der Waals surface area (Å²) in [6.45, 7) is 2.64. The van der Waals surface area contributed by atoms with Crippen LogP contribution in [0.15, 0.2) is 18.2 Å². The maximum Gasteiger partial charge on any atom is 0.277 e. The van der Waals surface area contributed by atoms with Crippen LogP contribution in [0.5, 0.6) is 0 Å². The molecule has 0 aromatic heterocycles. The summed E-state index contributed by atoms with van der Waals surface area (Å²) in [6, 6.07) is 2.83. The van der Waals surface area contributed by atoms with Crippen LogP contribution in [0.2, 0.25) is 0 Å². The molecule has 1 rings (SSSR count). The molecule has 0 heterocycles. The number of hydrazine groups is 1. The van der Waals surface area contributed by atoms with Gasteiger partial charge in [0.25, 0.3) is 17.3 Å². The number of rotatable bonds is 9. The van der Waals surface area contributed by atoms with Gasteiger partial charge in [-0.2, -0.15) is 0 Å².